The first-order chi connectivity index (χ1) is 8.47. The Bertz CT molecular complexity index is 410. The van der Waals surface area contributed by atoms with Crippen LogP contribution < -0.4 is 10.1 Å². The molecule has 1 aromatic carbocycles. The van der Waals surface area contributed by atoms with Gasteiger partial charge in [-0.2, -0.15) is 0 Å². The quantitative estimate of drug-likeness (QED) is 0.784. The van der Waals surface area contributed by atoms with Crippen molar-refractivity contribution >= 4 is 11.6 Å². The van der Waals surface area contributed by atoms with Gasteiger partial charge in [-0.1, -0.05) is 6.58 Å². The molecule has 0 radical (unpaired) electrons. The molecule has 0 heterocycles. The van der Waals surface area contributed by atoms with E-state index in [9.17, 15) is 4.79 Å². The largest absolute Gasteiger partial charge is 0.489 e. The Labute approximate surface area is 108 Å². The minimum absolute atomic E-state index is 0.0318. The SMILES string of the molecule is C=C(C)COc1ccc(NC(=O)CN(C)C)cc1. The van der Waals surface area contributed by atoms with Crippen molar-refractivity contribution in [2.75, 3.05) is 32.6 Å². The molecule has 0 aliphatic heterocycles. The standard InChI is InChI=1S/C14H20N2O2/c1-11(2)10-18-13-7-5-12(6-8-13)15-14(17)9-16(3)4/h5-8H,1,9-10H2,2-4H3,(H,15,17). The molecule has 0 aliphatic carbocycles. The maximum atomic E-state index is 11.5. The van der Waals surface area contributed by atoms with Gasteiger partial charge in [-0.05, 0) is 50.9 Å². The topological polar surface area (TPSA) is 41.6 Å². The van der Waals surface area contributed by atoms with Gasteiger partial charge in [-0.3, -0.25) is 4.79 Å². The van der Waals surface area contributed by atoms with Gasteiger partial charge in [0.2, 0.25) is 5.91 Å². The van der Waals surface area contributed by atoms with Gasteiger partial charge in [0.1, 0.15) is 12.4 Å². The first-order valence-corrected chi connectivity index (χ1v) is 5.79. The second-order valence-electron chi connectivity index (χ2n) is 4.56. The van der Waals surface area contributed by atoms with Crippen LogP contribution in [0.4, 0.5) is 5.69 Å². The van der Waals surface area contributed by atoms with E-state index in [1.807, 2.05) is 50.2 Å². The molecule has 0 aliphatic rings. The van der Waals surface area contributed by atoms with Crippen LogP contribution in [-0.4, -0.2) is 38.1 Å². The van der Waals surface area contributed by atoms with Crippen molar-refractivity contribution in [1.29, 1.82) is 0 Å². The fourth-order valence-corrected chi connectivity index (χ4v) is 1.33. The molecule has 0 bridgehead atoms. The van der Waals surface area contributed by atoms with E-state index in [0.29, 0.717) is 13.2 Å². The van der Waals surface area contributed by atoms with Crippen molar-refractivity contribution in [2.45, 2.75) is 6.92 Å². The summed E-state index contributed by atoms with van der Waals surface area (Å²) in [6, 6.07) is 7.30. The molecule has 1 N–H and O–H groups in total. The summed E-state index contributed by atoms with van der Waals surface area (Å²) in [6.45, 7) is 6.56. The highest BCUT2D eigenvalue weighted by molar-refractivity contribution is 5.92. The lowest BCUT2D eigenvalue weighted by molar-refractivity contribution is -0.116. The van der Waals surface area contributed by atoms with E-state index in [0.717, 1.165) is 17.0 Å². The molecule has 0 saturated heterocycles. The van der Waals surface area contributed by atoms with E-state index < -0.39 is 0 Å². The van der Waals surface area contributed by atoms with E-state index in [1.165, 1.54) is 0 Å². The third-order valence-electron chi connectivity index (χ3n) is 2.08. The van der Waals surface area contributed by atoms with E-state index in [-0.39, 0.29) is 5.91 Å². The highest BCUT2D eigenvalue weighted by atomic mass is 16.5. The fraction of sp³-hybridized carbons (Fsp3) is 0.357. The van der Waals surface area contributed by atoms with Crippen molar-refractivity contribution in [1.82, 2.24) is 4.90 Å². The van der Waals surface area contributed by atoms with Gasteiger partial charge in [-0.15, -0.1) is 0 Å². The number of nitrogens with zero attached hydrogens (tertiary/aromatic N) is 1. The minimum atomic E-state index is -0.0318. The molecule has 0 atom stereocenters. The van der Waals surface area contributed by atoms with E-state index in [2.05, 4.69) is 11.9 Å². The lowest BCUT2D eigenvalue weighted by atomic mass is 10.3. The molecule has 0 unspecified atom stereocenters. The van der Waals surface area contributed by atoms with Crippen LogP contribution in [-0.2, 0) is 4.79 Å². The molecule has 1 amide bonds. The average molecular weight is 248 g/mol. The second-order valence-corrected chi connectivity index (χ2v) is 4.56. The summed E-state index contributed by atoms with van der Waals surface area (Å²) in [4.78, 5) is 13.3. The van der Waals surface area contributed by atoms with E-state index >= 15 is 0 Å². The van der Waals surface area contributed by atoms with Gasteiger partial charge >= 0.3 is 0 Å². The first-order valence-electron chi connectivity index (χ1n) is 5.79. The Balaban J connectivity index is 2.49. The monoisotopic (exact) mass is 248 g/mol. The maximum absolute atomic E-state index is 11.5. The van der Waals surface area contributed by atoms with Crippen LogP contribution in [0.3, 0.4) is 0 Å². The van der Waals surface area contributed by atoms with Crippen LogP contribution in [0.25, 0.3) is 0 Å². The van der Waals surface area contributed by atoms with Crippen molar-refractivity contribution < 1.29 is 9.53 Å². The summed E-state index contributed by atoms with van der Waals surface area (Å²) < 4.78 is 5.47. The van der Waals surface area contributed by atoms with Crippen LogP contribution in [0, 0.1) is 0 Å². The summed E-state index contributed by atoms with van der Waals surface area (Å²) in [7, 11) is 3.71. The fourth-order valence-electron chi connectivity index (χ4n) is 1.33. The predicted molar refractivity (Wildman–Crippen MR) is 73.9 cm³/mol. The second kappa shape index (κ2) is 6.81. The Hall–Kier alpha value is -1.81. The lowest BCUT2D eigenvalue weighted by Crippen LogP contribution is -2.27. The van der Waals surface area contributed by atoms with Crippen molar-refractivity contribution in [3.63, 3.8) is 0 Å². The number of rotatable bonds is 6. The zero-order chi connectivity index (χ0) is 13.5. The summed E-state index contributed by atoms with van der Waals surface area (Å²) in [5, 5.41) is 2.81. The predicted octanol–water partition coefficient (Wildman–Crippen LogP) is 2.14. The number of carbonyl (C=O) groups is 1. The molecular formula is C14H20N2O2. The lowest BCUT2D eigenvalue weighted by Gasteiger charge is -2.11. The van der Waals surface area contributed by atoms with Crippen LogP contribution in [0.15, 0.2) is 36.4 Å². The number of hydrogen-bond acceptors (Lipinski definition) is 3. The molecule has 18 heavy (non-hydrogen) atoms. The normalized spacial score (nSPS) is 10.2. The maximum Gasteiger partial charge on any atom is 0.238 e. The van der Waals surface area contributed by atoms with Crippen molar-refractivity contribution in [3.05, 3.63) is 36.4 Å². The van der Waals surface area contributed by atoms with Gasteiger partial charge in [-0.25, -0.2) is 0 Å². The number of nitrogens with one attached hydrogen (secondary N) is 1. The molecule has 0 spiro atoms. The summed E-state index contributed by atoms with van der Waals surface area (Å²) in [5.74, 6) is 0.735. The zero-order valence-corrected chi connectivity index (χ0v) is 11.2. The number of amides is 1. The highest BCUT2D eigenvalue weighted by Gasteiger charge is 2.03. The number of benzene rings is 1. The minimum Gasteiger partial charge on any atom is -0.489 e. The van der Waals surface area contributed by atoms with Gasteiger partial charge in [0.25, 0.3) is 0 Å². The third-order valence-corrected chi connectivity index (χ3v) is 2.08. The highest BCUT2D eigenvalue weighted by Crippen LogP contribution is 2.16. The summed E-state index contributed by atoms with van der Waals surface area (Å²) in [5.41, 5.74) is 1.74. The molecule has 0 saturated carbocycles. The molecular weight excluding hydrogens is 228 g/mol. The van der Waals surface area contributed by atoms with E-state index in [1.54, 1.807) is 0 Å². The zero-order valence-electron chi connectivity index (χ0n) is 11.2. The molecule has 4 nitrogen and oxygen atoms in total. The molecule has 0 aromatic heterocycles. The third kappa shape index (κ3) is 5.50. The first kappa shape index (κ1) is 14.3. The number of anilines is 1. The Morgan fingerprint density at radius 1 is 1.33 bits per heavy atom. The van der Waals surface area contributed by atoms with Gasteiger partial charge in [0, 0.05) is 5.69 Å². The van der Waals surface area contributed by atoms with Crippen molar-refractivity contribution in [2.24, 2.45) is 0 Å². The Morgan fingerprint density at radius 2 is 1.94 bits per heavy atom. The Kier molecular flexibility index (Phi) is 5.39. The number of ether oxygens (including phenoxy) is 1. The number of likely N-dealkylation sites (N-methyl/N-ethyl adjacent to an activating group) is 1. The van der Waals surface area contributed by atoms with Gasteiger partial charge < -0.3 is 15.0 Å². The van der Waals surface area contributed by atoms with Crippen LogP contribution in [0.5, 0.6) is 5.75 Å². The van der Waals surface area contributed by atoms with Crippen LogP contribution in [0.2, 0.25) is 0 Å². The average Bonchev–Trinajstić information content (AvgIpc) is 2.26. The van der Waals surface area contributed by atoms with Gasteiger partial charge in [0.05, 0.1) is 6.54 Å². The molecule has 98 valence electrons. The molecule has 4 heteroatoms. The summed E-state index contributed by atoms with van der Waals surface area (Å²) in [6.07, 6.45) is 0. The molecule has 1 rings (SSSR count). The smallest absolute Gasteiger partial charge is 0.238 e. The van der Waals surface area contributed by atoms with Crippen LogP contribution >= 0.6 is 0 Å². The van der Waals surface area contributed by atoms with E-state index in [4.69, 9.17) is 4.74 Å². The molecule has 1 aromatic rings. The van der Waals surface area contributed by atoms with Gasteiger partial charge in [0.15, 0.2) is 0 Å². The van der Waals surface area contributed by atoms with Crippen LogP contribution in [0.1, 0.15) is 6.92 Å². The number of carbonyl (C=O) groups excluding carboxylic acids is 1. The van der Waals surface area contributed by atoms with Crippen molar-refractivity contribution in [3.8, 4) is 5.75 Å². The Morgan fingerprint density at radius 3 is 2.44 bits per heavy atom. The molecule has 0 fully saturated rings. The number of hydrogen-bond donors (Lipinski definition) is 1. The summed E-state index contributed by atoms with van der Waals surface area (Å²) >= 11 is 0.